The second-order valence-corrected chi connectivity index (χ2v) is 2.69. The van der Waals surface area contributed by atoms with Crippen LogP contribution in [-0.2, 0) is 0 Å². The van der Waals surface area contributed by atoms with Crippen LogP contribution in [-0.4, -0.2) is 0 Å². The summed E-state index contributed by atoms with van der Waals surface area (Å²) in [6.07, 6.45) is 9.15. The molecule has 0 aromatic carbocycles. The zero-order valence-electron chi connectivity index (χ0n) is 7.19. The topological polar surface area (TPSA) is 0 Å². The molecular weight excluding hydrogens is 120 g/mol. The Labute approximate surface area is 64.6 Å². The third-order valence-corrected chi connectivity index (χ3v) is 1.52. The summed E-state index contributed by atoms with van der Waals surface area (Å²) in [5, 5.41) is 0. The van der Waals surface area contributed by atoms with E-state index < -0.39 is 0 Å². The Kier molecular flexibility index (Phi) is 6.25. The molecule has 0 saturated carbocycles. The smallest absolute Gasteiger partial charge is 0.0144 e. The van der Waals surface area contributed by atoms with Gasteiger partial charge in [-0.25, -0.2) is 0 Å². The van der Waals surface area contributed by atoms with Gasteiger partial charge in [0.25, 0.3) is 0 Å². The lowest BCUT2D eigenvalue weighted by atomic mass is 10.1. The van der Waals surface area contributed by atoms with E-state index in [1.165, 1.54) is 24.8 Å². The minimum Gasteiger partial charge on any atom is -0.103 e. The second-order valence-electron chi connectivity index (χ2n) is 2.69. The van der Waals surface area contributed by atoms with Crippen molar-refractivity contribution < 1.29 is 0 Å². The Morgan fingerprint density at radius 1 is 1.50 bits per heavy atom. The van der Waals surface area contributed by atoms with Crippen molar-refractivity contribution in [3.8, 4) is 0 Å². The lowest BCUT2D eigenvalue weighted by Gasteiger charge is -1.94. The van der Waals surface area contributed by atoms with Crippen molar-refractivity contribution in [2.45, 2.75) is 39.5 Å². The fourth-order valence-electron chi connectivity index (χ4n) is 0.864. The summed E-state index contributed by atoms with van der Waals surface area (Å²) in [6.45, 7) is 8.07. The van der Waals surface area contributed by atoms with Crippen LogP contribution >= 0.6 is 0 Å². The Bertz CT molecular complexity index is 109. The maximum absolute atomic E-state index is 3.69. The van der Waals surface area contributed by atoms with E-state index in [9.17, 15) is 0 Å². The van der Waals surface area contributed by atoms with Gasteiger partial charge in [0, 0.05) is 0 Å². The monoisotopic (exact) mass is 138 g/mol. The number of hydrogen-bond donors (Lipinski definition) is 0. The normalized spacial score (nSPS) is 11.6. The molecule has 0 aliphatic heterocycles. The highest BCUT2D eigenvalue weighted by Gasteiger charge is 1.83. The molecule has 0 saturated heterocycles. The molecule has 10 heavy (non-hydrogen) atoms. The van der Waals surface area contributed by atoms with E-state index in [1.807, 2.05) is 6.08 Å². The van der Waals surface area contributed by atoms with Crippen LogP contribution in [0.25, 0.3) is 0 Å². The lowest BCUT2D eigenvalue weighted by Crippen LogP contribution is -1.73. The number of unbranched alkanes of at least 4 members (excludes halogenated alkanes) is 2. The standard InChI is InChI=1S/C10H18/c1-4-6-7-9-10(3)8-5-2/h5,9H,2,4,6-8H2,1,3H3. The molecule has 0 rings (SSSR count). The predicted octanol–water partition coefficient (Wildman–Crippen LogP) is 3.70. The van der Waals surface area contributed by atoms with E-state index in [4.69, 9.17) is 0 Å². The van der Waals surface area contributed by atoms with E-state index in [0.29, 0.717) is 0 Å². The highest BCUT2D eigenvalue weighted by Crippen LogP contribution is 2.04. The largest absolute Gasteiger partial charge is 0.103 e. The van der Waals surface area contributed by atoms with Crippen molar-refractivity contribution >= 4 is 0 Å². The van der Waals surface area contributed by atoms with E-state index in [2.05, 4.69) is 26.5 Å². The molecule has 0 unspecified atom stereocenters. The Morgan fingerprint density at radius 2 is 2.20 bits per heavy atom. The quantitative estimate of drug-likeness (QED) is 0.401. The van der Waals surface area contributed by atoms with Gasteiger partial charge in [0.05, 0.1) is 0 Å². The van der Waals surface area contributed by atoms with Crippen molar-refractivity contribution in [2.75, 3.05) is 0 Å². The van der Waals surface area contributed by atoms with Gasteiger partial charge < -0.3 is 0 Å². The molecule has 0 heteroatoms. The fourth-order valence-corrected chi connectivity index (χ4v) is 0.864. The lowest BCUT2D eigenvalue weighted by molar-refractivity contribution is 0.809. The predicted molar refractivity (Wildman–Crippen MR) is 48.1 cm³/mol. The van der Waals surface area contributed by atoms with Gasteiger partial charge in [0.1, 0.15) is 0 Å². The van der Waals surface area contributed by atoms with E-state index >= 15 is 0 Å². The van der Waals surface area contributed by atoms with Gasteiger partial charge >= 0.3 is 0 Å². The molecule has 0 nitrogen and oxygen atoms in total. The van der Waals surface area contributed by atoms with Gasteiger partial charge in [-0.15, -0.1) is 6.58 Å². The summed E-state index contributed by atoms with van der Waals surface area (Å²) in [5.41, 5.74) is 1.45. The highest BCUT2D eigenvalue weighted by atomic mass is 13.9. The first kappa shape index (κ1) is 9.48. The van der Waals surface area contributed by atoms with Crippen LogP contribution in [0.4, 0.5) is 0 Å². The zero-order chi connectivity index (χ0) is 7.82. The third-order valence-electron chi connectivity index (χ3n) is 1.52. The molecule has 0 N–H and O–H groups in total. The van der Waals surface area contributed by atoms with Gasteiger partial charge in [-0.05, 0) is 19.8 Å². The van der Waals surface area contributed by atoms with Gasteiger partial charge in [-0.2, -0.15) is 0 Å². The molecule has 58 valence electrons. The van der Waals surface area contributed by atoms with Crippen LogP contribution < -0.4 is 0 Å². The van der Waals surface area contributed by atoms with Crippen molar-refractivity contribution in [1.29, 1.82) is 0 Å². The van der Waals surface area contributed by atoms with Crippen molar-refractivity contribution in [2.24, 2.45) is 0 Å². The van der Waals surface area contributed by atoms with E-state index in [0.717, 1.165) is 6.42 Å². The Balaban J connectivity index is 3.37. The van der Waals surface area contributed by atoms with Crippen LogP contribution in [0.5, 0.6) is 0 Å². The Hall–Kier alpha value is -0.520. The summed E-state index contributed by atoms with van der Waals surface area (Å²) in [4.78, 5) is 0. The van der Waals surface area contributed by atoms with Crippen LogP contribution in [0, 0.1) is 0 Å². The van der Waals surface area contributed by atoms with Gasteiger partial charge in [0.2, 0.25) is 0 Å². The first-order chi connectivity index (χ1) is 4.81. The van der Waals surface area contributed by atoms with Gasteiger partial charge in [0.15, 0.2) is 0 Å². The van der Waals surface area contributed by atoms with Crippen molar-refractivity contribution in [3.63, 3.8) is 0 Å². The summed E-state index contributed by atoms with van der Waals surface area (Å²) in [6, 6.07) is 0. The first-order valence-corrected chi connectivity index (χ1v) is 4.07. The van der Waals surface area contributed by atoms with E-state index in [-0.39, 0.29) is 0 Å². The molecule has 0 aromatic heterocycles. The third kappa shape index (κ3) is 5.61. The number of hydrogen-bond acceptors (Lipinski definition) is 0. The van der Waals surface area contributed by atoms with E-state index in [1.54, 1.807) is 0 Å². The average Bonchev–Trinajstić information content (AvgIpc) is 1.89. The zero-order valence-corrected chi connectivity index (χ0v) is 7.19. The average molecular weight is 138 g/mol. The van der Waals surface area contributed by atoms with Crippen LogP contribution in [0.1, 0.15) is 39.5 Å². The summed E-state index contributed by atoms with van der Waals surface area (Å²) >= 11 is 0. The molecule has 0 aliphatic rings. The minimum absolute atomic E-state index is 1.05. The second kappa shape index (κ2) is 6.60. The maximum Gasteiger partial charge on any atom is -0.0144 e. The Morgan fingerprint density at radius 3 is 2.70 bits per heavy atom. The SMILES string of the molecule is C=CCC(C)=CCCCC. The fraction of sp³-hybridized carbons (Fsp3) is 0.600. The molecule has 0 atom stereocenters. The molecule has 0 heterocycles. The molecule has 0 bridgehead atoms. The number of rotatable bonds is 5. The molecule has 0 aliphatic carbocycles. The molecule has 0 radical (unpaired) electrons. The van der Waals surface area contributed by atoms with Crippen LogP contribution in [0.3, 0.4) is 0 Å². The van der Waals surface area contributed by atoms with Gasteiger partial charge in [-0.1, -0.05) is 37.5 Å². The summed E-state index contributed by atoms with van der Waals surface area (Å²) in [5.74, 6) is 0. The molecule has 0 aromatic rings. The van der Waals surface area contributed by atoms with Gasteiger partial charge in [-0.3, -0.25) is 0 Å². The molecule has 0 spiro atoms. The molecule has 0 amide bonds. The van der Waals surface area contributed by atoms with Crippen LogP contribution in [0.2, 0.25) is 0 Å². The van der Waals surface area contributed by atoms with Crippen molar-refractivity contribution in [1.82, 2.24) is 0 Å². The highest BCUT2D eigenvalue weighted by molar-refractivity contribution is 5.02. The van der Waals surface area contributed by atoms with Crippen molar-refractivity contribution in [3.05, 3.63) is 24.3 Å². The van der Waals surface area contributed by atoms with Crippen LogP contribution in [0.15, 0.2) is 24.3 Å². The summed E-state index contributed by atoms with van der Waals surface area (Å²) in [7, 11) is 0. The maximum atomic E-state index is 3.69. The first-order valence-electron chi connectivity index (χ1n) is 4.07. The molecule has 0 fully saturated rings. The number of allylic oxidation sites excluding steroid dienone is 3. The minimum atomic E-state index is 1.05. The summed E-state index contributed by atoms with van der Waals surface area (Å²) < 4.78 is 0. The molecular formula is C10H18.